The van der Waals surface area contributed by atoms with Crippen molar-refractivity contribution in [2.24, 2.45) is 5.92 Å². The minimum Gasteiger partial charge on any atom is -0.399 e. The van der Waals surface area contributed by atoms with E-state index < -0.39 is 0 Å². The van der Waals surface area contributed by atoms with E-state index in [-0.39, 0.29) is 5.91 Å². The lowest BCUT2D eigenvalue weighted by molar-refractivity contribution is -0.117. The van der Waals surface area contributed by atoms with Gasteiger partial charge in [-0.25, -0.2) is 0 Å². The number of carbonyl (C=O) groups is 1. The Morgan fingerprint density at radius 1 is 1.35 bits per heavy atom. The summed E-state index contributed by atoms with van der Waals surface area (Å²) < 4.78 is 0. The molecule has 0 heterocycles. The molecule has 2 fully saturated rings. The molecule has 20 heavy (non-hydrogen) atoms. The van der Waals surface area contributed by atoms with Crippen molar-refractivity contribution in [3.63, 3.8) is 0 Å². The number of hydrogen-bond acceptors (Lipinski definition) is 3. The fourth-order valence-corrected chi connectivity index (χ4v) is 2.56. The topological polar surface area (TPSA) is 58.4 Å². The maximum Gasteiger partial charge on any atom is 0.238 e. The summed E-state index contributed by atoms with van der Waals surface area (Å²) in [6.07, 6.45) is 5.16. The van der Waals surface area contributed by atoms with E-state index in [1.165, 1.54) is 25.7 Å². The molecule has 2 saturated carbocycles. The molecule has 4 nitrogen and oxygen atoms in total. The Kier molecular flexibility index (Phi) is 3.66. The van der Waals surface area contributed by atoms with E-state index in [0.29, 0.717) is 18.3 Å². The minimum absolute atomic E-state index is 0.0752. The van der Waals surface area contributed by atoms with Gasteiger partial charge in [-0.2, -0.15) is 0 Å². The first kappa shape index (κ1) is 13.4. The standard InChI is InChI=1S/C16H23N3O/c1-11-2-5-13(17)8-15(11)18-16(20)10-19(14-6-7-14)9-12-3-4-12/h2,5,8,12,14H,3-4,6-7,9-10,17H2,1H3,(H,18,20). The first-order valence-corrected chi connectivity index (χ1v) is 7.52. The molecule has 1 aromatic rings. The van der Waals surface area contributed by atoms with Gasteiger partial charge in [-0.15, -0.1) is 0 Å². The number of nitrogens with two attached hydrogens (primary N) is 1. The van der Waals surface area contributed by atoms with Crippen molar-refractivity contribution in [3.8, 4) is 0 Å². The summed E-state index contributed by atoms with van der Waals surface area (Å²) in [5.41, 5.74) is 8.34. The number of nitrogen functional groups attached to an aromatic ring is 1. The minimum atomic E-state index is 0.0752. The normalized spacial score (nSPS) is 18.3. The Morgan fingerprint density at radius 3 is 2.75 bits per heavy atom. The number of rotatable bonds is 6. The summed E-state index contributed by atoms with van der Waals surface area (Å²) in [6.45, 7) is 3.58. The molecule has 0 radical (unpaired) electrons. The summed E-state index contributed by atoms with van der Waals surface area (Å²) in [7, 11) is 0. The average molecular weight is 273 g/mol. The van der Waals surface area contributed by atoms with E-state index in [0.717, 1.165) is 23.7 Å². The van der Waals surface area contributed by atoms with Gasteiger partial charge in [0.05, 0.1) is 6.54 Å². The molecule has 108 valence electrons. The van der Waals surface area contributed by atoms with Gasteiger partial charge in [-0.3, -0.25) is 9.69 Å². The van der Waals surface area contributed by atoms with Gasteiger partial charge in [-0.1, -0.05) is 6.07 Å². The fourth-order valence-electron chi connectivity index (χ4n) is 2.56. The Morgan fingerprint density at radius 2 is 2.10 bits per heavy atom. The Bertz CT molecular complexity index is 506. The summed E-state index contributed by atoms with van der Waals surface area (Å²) in [4.78, 5) is 14.6. The number of hydrogen-bond donors (Lipinski definition) is 2. The van der Waals surface area contributed by atoms with Crippen LogP contribution < -0.4 is 11.1 Å². The predicted molar refractivity (Wildman–Crippen MR) is 81.5 cm³/mol. The first-order chi connectivity index (χ1) is 9.61. The van der Waals surface area contributed by atoms with E-state index in [1.54, 1.807) is 0 Å². The number of carbonyl (C=O) groups excluding carboxylic acids is 1. The van der Waals surface area contributed by atoms with E-state index in [1.807, 2.05) is 25.1 Å². The molecule has 0 spiro atoms. The highest BCUT2D eigenvalue weighted by Gasteiger charge is 2.34. The number of benzene rings is 1. The SMILES string of the molecule is Cc1ccc(N)cc1NC(=O)CN(CC1CC1)C1CC1. The van der Waals surface area contributed by atoms with Crippen molar-refractivity contribution in [1.82, 2.24) is 4.90 Å². The molecule has 2 aliphatic rings. The van der Waals surface area contributed by atoms with Crippen LogP contribution in [-0.2, 0) is 4.79 Å². The van der Waals surface area contributed by atoms with E-state index >= 15 is 0 Å². The van der Waals surface area contributed by atoms with Gasteiger partial charge >= 0.3 is 0 Å². The average Bonchev–Trinajstić information content (AvgIpc) is 3.25. The molecule has 3 N–H and O–H groups in total. The Hall–Kier alpha value is -1.55. The molecule has 1 amide bonds. The molecule has 0 unspecified atom stereocenters. The molecule has 0 bridgehead atoms. The van der Waals surface area contributed by atoms with Gasteiger partial charge in [0.25, 0.3) is 0 Å². The molecule has 0 saturated heterocycles. The Labute approximate surface area is 120 Å². The highest BCUT2D eigenvalue weighted by atomic mass is 16.2. The molecule has 0 aromatic heterocycles. The van der Waals surface area contributed by atoms with Crippen molar-refractivity contribution in [2.75, 3.05) is 24.1 Å². The van der Waals surface area contributed by atoms with Crippen molar-refractivity contribution in [2.45, 2.75) is 38.6 Å². The van der Waals surface area contributed by atoms with Gasteiger partial charge in [-0.05, 0) is 56.2 Å². The fraction of sp³-hybridized carbons (Fsp3) is 0.562. The third-order valence-corrected chi connectivity index (χ3v) is 4.14. The number of nitrogens with one attached hydrogen (secondary N) is 1. The van der Waals surface area contributed by atoms with Crippen molar-refractivity contribution >= 4 is 17.3 Å². The number of aryl methyl sites for hydroxylation is 1. The molecule has 4 heteroatoms. The van der Waals surface area contributed by atoms with Gasteiger partial charge in [0, 0.05) is 24.0 Å². The van der Waals surface area contributed by atoms with Crippen LogP contribution >= 0.6 is 0 Å². The van der Waals surface area contributed by atoms with Crippen LogP contribution in [0.5, 0.6) is 0 Å². The smallest absolute Gasteiger partial charge is 0.238 e. The lowest BCUT2D eigenvalue weighted by Crippen LogP contribution is -2.36. The first-order valence-electron chi connectivity index (χ1n) is 7.52. The van der Waals surface area contributed by atoms with Gasteiger partial charge in [0.1, 0.15) is 0 Å². The maximum absolute atomic E-state index is 12.2. The van der Waals surface area contributed by atoms with E-state index in [2.05, 4.69) is 10.2 Å². The van der Waals surface area contributed by atoms with Crippen LogP contribution in [0.25, 0.3) is 0 Å². The van der Waals surface area contributed by atoms with Gasteiger partial charge < -0.3 is 11.1 Å². The summed E-state index contributed by atoms with van der Waals surface area (Å²) in [5.74, 6) is 0.906. The third-order valence-electron chi connectivity index (χ3n) is 4.14. The maximum atomic E-state index is 12.2. The molecule has 0 atom stereocenters. The monoisotopic (exact) mass is 273 g/mol. The lowest BCUT2D eigenvalue weighted by atomic mass is 10.2. The zero-order valence-electron chi connectivity index (χ0n) is 12.1. The molecule has 1 aromatic carbocycles. The second kappa shape index (κ2) is 5.44. The van der Waals surface area contributed by atoms with E-state index in [4.69, 9.17) is 5.73 Å². The molecule has 3 rings (SSSR count). The van der Waals surface area contributed by atoms with Crippen LogP contribution in [0.15, 0.2) is 18.2 Å². The van der Waals surface area contributed by atoms with Crippen LogP contribution in [0.1, 0.15) is 31.2 Å². The van der Waals surface area contributed by atoms with Crippen LogP contribution in [-0.4, -0.2) is 29.9 Å². The van der Waals surface area contributed by atoms with Crippen LogP contribution in [0.4, 0.5) is 11.4 Å². The van der Waals surface area contributed by atoms with Crippen LogP contribution in [0.3, 0.4) is 0 Å². The van der Waals surface area contributed by atoms with Gasteiger partial charge in [0.2, 0.25) is 5.91 Å². The molecular weight excluding hydrogens is 250 g/mol. The van der Waals surface area contributed by atoms with Crippen molar-refractivity contribution in [1.29, 1.82) is 0 Å². The molecule has 0 aliphatic heterocycles. The largest absolute Gasteiger partial charge is 0.399 e. The Balaban J connectivity index is 1.58. The van der Waals surface area contributed by atoms with Crippen LogP contribution in [0.2, 0.25) is 0 Å². The molecule has 2 aliphatic carbocycles. The highest BCUT2D eigenvalue weighted by Crippen LogP contribution is 2.34. The third kappa shape index (κ3) is 3.51. The summed E-state index contributed by atoms with van der Waals surface area (Å²) in [5, 5.41) is 3.00. The second-order valence-corrected chi connectivity index (χ2v) is 6.23. The predicted octanol–water partition coefficient (Wildman–Crippen LogP) is 2.39. The zero-order chi connectivity index (χ0) is 14.1. The van der Waals surface area contributed by atoms with E-state index in [9.17, 15) is 4.79 Å². The highest BCUT2D eigenvalue weighted by molar-refractivity contribution is 5.93. The second-order valence-electron chi connectivity index (χ2n) is 6.23. The van der Waals surface area contributed by atoms with Crippen molar-refractivity contribution < 1.29 is 4.79 Å². The van der Waals surface area contributed by atoms with Gasteiger partial charge in [0.15, 0.2) is 0 Å². The molecular formula is C16H23N3O. The number of nitrogens with zero attached hydrogens (tertiary/aromatic N) is 1. The summed E-state index contributed by atoms with van der Waals surface area (Å²) >= 11 is 0. The quantitative estimate of drug-likeness (QED) is 0.782. The zero-order valence-corrected chi connectivity index (χ0v) is 12.1. The number of amides is 1. The van der Waals surface area contributed by atoms with Crippen LogP contribution in [0, 0.1) is 12.8 Å². The van der Waals surface area contributed by atoms with Crippen molar-refractivity contribution in [3.05, 3.63) is 23.8 Å². The summed E-state index contributed by atoms with van der Waals surface area (Å²) in [6, 6.07) is 6.26. The lowest BCUT2D eigenvalue weighted by Gasteiger charge is -2.21. The number of anilines is 2.